The number of rotatable bonds is 56. The van der Waals surface area contributed by atoms with Gasteiger partial charge in [-0.3, -0.25) is 9.59 Å². The first-order chi connectivity index (χ1) is 34.5. The van der Waals surface area contributed by atoms with Crippen LogP contribution in [-0.4, -0.2) is 47.4 Å². The first kappa shape index (κ1) is 67.6. The number of nitrogens with one attached hydrogen (secondary N) is 1. The minimum atomic E-state index is -0.857. The molecule has 0 aromatic rings. The van der Waals surface area contributed by atoms with Crippen LogP contribution in [0.25, 0.3) is 0 Å². The van der Waals surface area contributed by atoms with Gasteiger partial charge >= 0.3 is 5.97 Å². The van der Waals surface area contributed by atoms with Gasteiger partial charge in [0.1, 0.15) is 0 Å². The summed E-state index contributed by atoms with van der Waals surface area (Å²) >= 11 is 0. The topological polar surface area (TPSA) is 95.9 Å². The minimum Gasteiger partial charge on any atom is -0.466 e. The lowest BCUT2D eigenvalue weighted by atomic mass is 10.0. The lowest BCUT2D eigenvalue weighted by molar-refractivity contribution is -0.143. The van der Waals surface area contributed by atoms with E-state index in [4.69, 9.17) is 4.74 Å². The van der Waals surface area contributed by atoms with Crippen molar-refractivity contribution in [3.63, 3.8) is 0 Å². The fourth-order valence-corrected chi connectivity index (χ4v) is 9.05. The molecule has 3 N–H and O–H groups in total. The molecule has 0 saturated heterocycles. The van der Waals surface area contributed by atoms with Gasteiger partial charge in [0.25, 0.3) is 0 Å². The zero-order valence-corrected chi connectivity index (χ0v) is 46.5. The summed E-state index contributed by atoms with van der Waals surface area (Å²) in [4.78, 5) is 24.5. The molecule has 0 aliphatic carbocycles. The highest BCUT2D eigenvalue weighted by Gasteiger charge is 2.18. The largest absolute Gasteiger partial charge is 0.466 e. The standard InChI is InChI=1S/C64H117NO5/c1-3-5-7-9-11-13-15-17-19-21-24-28-32-36-40-44-48-52-56-62(67)61(60-66)65-63(68)57-53-49-45-41-37-33-29-25-23-27-31-35-39-43-47-51-55-59-70-64(69)58-54-50-46-42-38-34-30-26-22-20-18-16-14-12-10-8-6-4-2/h14,16,20,22-23,27,35,39,52,56,61-62,66-67H,3-13,15,17-19,21,24-26,28-34,36-38,40-51,53-55,57-60H2,1-2H3,(H,65,68)/b16-14-,22-20-,27-23-,39-35-,56-52+. The maximum absolute atomic E-state index is 12.5. The van der Waals surface area contributed by atoms with E-state index in [1.807, 2.05) is 6.08 Å². The SMILES string of the molecule is CCCCCC/C=C\C/C=C\CCCCCCCCCC(=O)OCCCCC/C=C\C/C=C\CCCCCCCCCC(=O)NC(CO)C(O)/C=C/CCCCCCCCCCCCCCCCCC. The van der Waals surface area contributed by atoms with Crippen LogP contribution in [0.4, 0.5) is 0 Å². The van der Waals surface area contributed by atoms with Crippen LogP contribution < -0.4 is 5.32 Å². The quantitative estimate of drug-likeness (QED) is 0.0321. The Morgan fingerprint density at radius 2 is 0.714 bits per heavy atom. The number of hydrogen-bond donors (Lipinski definition) is 3. The number of carbonyl (C=O) groups is 2. The van der Waals surface area contributed by atoms with Gasteiger partial charge in [0.05, 0.1) is 25.4 Å². The Hall–Kier alpha value is -2.44. The monoisotopic (exact) mass is 980 g/mol. The molecule has 6 heteroatoms. The van der Waals surface area contributed by atoms with Gasteiger partial charge in [-0.25, -0.2) is 0 Å². The van der Waals surface area contributed by atoms with Crippen LogP contribution in [0.15, 0.2) is 60.8 Å². The summed E-state index contributed by atoms with van der Waals surface area (Å²) in [6.07, 6.45) is 76.7. The molecule has 0 spiro atoms. The zero-order valence-electron chi connectivity index (χ0n) is 46.5. The van der Waals surface area contributed by atoms with Gasteiger partial charge in [-0.1, -0.05) is 254 Å². The van der Waals surface area contributed by atoms with Crippen LogP contribution in [0.2, 0.25) is 0 Å². The van der Waals surface area contributed by atoms with Crippen molar-refractivity contribution in [1.82, 2.24) is 5.32 Å². The van der Waals surface area contributed by atoms with Crippen molar-refractivity contribution in [2.24, 2.45) is 0 Å². The third kappa shape index (κ3) is 54.9. The zero-order chi connectivity index (χ0) is 50.7. The molecule has 0 aromatic carbocycles. The Morgan fingerprint density at radius 1 is 0.400 bits per heavy atom. The van der Waals surface area contributed by atoms with Crippen LogP contribution in [0.1, 0.15) is 309 Å². The van der Waals surface area contributed by atoms with Gasteiger partial charge in [0.2, 0.25) is 5.91 Å². The predicted octanol–water partition coefficient (Wildman–Crippen LogP) is 19.1. The Labute approximate surface area is 435 Å². The molecule has 0 heterocycles. The molecule has 0 saturated carbocycles. The first-order valence-electron chi connectivity index (χ1n) is 30.6. The smallest absolute Gasteiger partial charge is 0.305 e. The lowest BCUT2D eigenvalue weighted by Crippen LogP contribution is -2.45. The summed E-state index contributed by atoms with van der Waals surface area (Å²) in [5.41, 5.74) is 0. The van der Waals surface area contributed by atoms with Crippen molar-refractivity contribution in [1.29, 1.82) is 0 Å². The van der Waals surface area contributed by atoms with Crippen molar-refractivity contribution >= 4 is 11.9 Å². The number of carbonyl (C=O) groups excluding carboxylic acids is 2. The number of ether oxygens (including phenoxy) is 1. The Balaban J connectivity index is 3.53. The van der Waals surface area contributed by atoms with E-state index in [9.17, 15) is 19.8 Å². The fourth-order valence-electron chi connectivity index (χ4n) is 9.05. The van der Waals surface area contributed by atoms with E-state index in [0.717, 1.165) is 89.9 Å². The van der Waals surface area contributed by atoms with Gasteiger partial charge in [0.15, 0.2) is 0 Å². The average molecular weight is 981 g/mol. The number of unbranched alkanes of at least 4 members (excludes halogenated alkanes) is 37. The molecule has 0 rings (SSSR count). The second-order valence-electron chi connectivity index (χ2n) is 20.7. The van der Waals surface area contributed by atoms with E-state index < -0.39 is 12.1 Å². The molecule has 0 aliphatic heterocycles. The number of aliphatic hydroxyl groups excluding tert-OH is 2. The summed E-state index contributed by atoms with van der Waals surface area (Å²) in [7, 11) is 0. The minimum absolute atomic E-state index is 0.0242. The van der Waals surface area contributed by atoms with Gasteiger partial charge in [-0.15, -0.1) is 0 Å². The molecular formula is C64H117NO5. The van der Waals surface area contributed by atoms with Gasteiger partial charge in [-0.2, -0.15) is 0 Å². The summed E-state index contributed by atoms with van der Waals surface area (Å²) in [6.45, 7) is 4.84. The van der Waals surface area contributed by atoms with Crippen molar-refractivity contribution < 1.29 is 24.5 Å². The summed E-state index contributed by atoms with van der Waals surface area (Å²) in [5.74, 6) is -0.108. The van der Waals surface area contributed by atoms with E-state index in [1.165, 1.54) is 193 Å². The maximum Gasteiger partial charge on any atom is 0.305 e. The van der Waals surface area contributed by atoms with Crippen molar-refractivity contribution in [3.8, 4) is 0 Å². The highest BCUT2D eigenvalue weighted by Crippen LogP contribution is 2.16. The molecule has 0 bridgehead atoms. The molecule has 0 fully saturated rings. The lowest BCUT2D eigenvalue weighted by Gasteiger charge is -2.20. The Bertz CT molecular complexity index is 1220. The highest BCUT2D eigenvalue weighted by molar-refractivity contribution is 5.76. The van der Waals surface area contributed by atoms with Gasteiger partial charge in [-0.05, 0) is 103 Å². The fraction of sp³-hybridized carbons (Fsp3) is 0.812. The first-order valence-corrected chi connectivity index (χ1v) is 30.6. The Morgan fingerprint density at radius 3 is 1.10 bits per heavy atom. The van der Waals surface area contributed by atoms with E-state index in [0.29, 0.717) is 19.4 Å². The number of amides is 1. The van der Waals surface area contributed by atoms with Crippen molar-refractivity contribution in [3.05, 3.63) is 60.8 Å². The average Bonchev–Trinajstić information content (AvgIpc) is 3.36. The molecule has 0 aliphatic rings. The molecule has 0 aromatic heterocycles. The molecule has 408 valence electrons. The molecule has 2 unspecified atom stereocenters. The van der Waals surface area contributed by atoms with E-state index >= 15 is 0 Å². The highest BCUT2D eigenvalue weighted by atomic mass is 16.5. The van der Waals surface area contributed by atoms with Gasteiger partial charge in [0, 0.05) is 12.8 Å². The van der Waals surface area contributed by atoms with Crippen molar-refractivity contribution in [2.75, 3.05) is 13.2 Å². The van der Waals surface area contributed by atoms with E-state index in [1.54, 1.807) is 6.08 Å². The van der Waals surface area contributed by atoms with Crippen LogP contribution in [0.3, 0.4) is 0 Å². The van der Waals surface area contributed by atoms with Crippen LogP contribution in [-0.2, 0) is 14.3 Å². The normalized spacial score (nSPS) is 13.0. The third-order valence-electron chi connectivity index (χ3n) is 13.8. The van der Waals surface area contributed by atoms with Crippen molar-refractivity contribution in [2.45, 2.75) is 321 Å². The predicted molar refractivity (Wildman–Crippen MR) is 305 cm³/mol. The van der Waals surface area contributed by atoms with E-state index in [2.05, 4.69) is 67.8 Å². The van der Waals surface area contributed by atoms with E-state index in [-0.39, 0.29) is 18.5 Å². The van der Waals surface area contributed by atoms with Gasteiger partial charge < -0.3 is 20.3 Å². The second kappa shape index (κ2) is 59.1. The third-order valence-corrected chi connectivity index (χ3v) is 13.8. The Kier molecular flexibility index (Phi) is 57.1. The summed E-state index contributed by atoms with van der Waals surface area (Å²) < 4.78 is 5.46. The number of aliphatic hydroxyl groups is 2. The van der Waals surface area contributed by atoms with Crippen LogP contribution in [0.5, 0.6) is 0 Å². The summed E-state index contributed by atoms with van der Waals surface area (Å²) in [6, 6.07) is -0.642. The van der Waals surface area contributed by atoms with Crippen LogP contribution in [0, 0.1) is 0 Å². The van der Waals surface area contributed by atoms with Crippen LogP contribution >= 0.6 is 0 Å². The molecule has 0 radical (unpaired) electrons. The molecule has 6 nitrogen and oxygen atoms in total. The number of hydrogen-bond acceptors (Lipinski definition) is 5. The second-order valence-corrected chi connectivity index (χ2v) is 20.7. The number of allylic oxidation sites excluding steroid dienone is 9. The summed E-state index contributed by atoms with van der Waals surface area (Å²) in [5, 5.41) is 23.1. The molecule has 2 atom stereocenters. The molecule has 1 amide bonds. The molecular weight excluding hydrogens is 863 g/mol. The molecule has 70 heavy (non-hydrogen) atoms. The maximum atomic E-state index is 12.5. The number of esters is 1.